The molecule has 1 N–H and O–H groups in total. The van der Waals surface area contributed by atoms with E-state index in [1.165, 1.54) is 11.1 Å². The lowest BCUT2D eigenvalue weighted by Crippen LogP contribution is -2.39. The standard InChI is InChI=1S/C21H26N4O2/c26-21(25-9-7-17-3-1-2-4-18(17)16-25)20-6-5-19(15-23-20)22-8-10-24-11-13-27-14-12-24/h1-6,15,22H,7-14,16H2. The molecule has 1 aromatic carbocycles. The molecule has 27 heavy (non-hydrogen) atoms. The average Bonchev–Trinajstić information content (AvgIpc) is 2.74. The average molecular weight is 366 g/mol. The summed E-state index contributed by atoms with van der Waals surface area (Å²) >= 11 is 0. The van der Waals surface area contributed by atoms with E-state index in [0.717, 1.165) is 58.0 Å². The summed E-state index contributed by atoms with van der Waals surface area (Å²) in [5.41, 5.74) is 4.03. The molecule has 0 saturated carbocycles. The van der Waals surface area contributed by atoms with Gasteiger partial charge in [0, 0.05) is 39.3 Å². The molecule has 0 unspecified atom stereocenters. The third-order valence-electron chi connectivity index (χ3n) is 5.26. The van der Waals surface area contributed by atoms with Crippen molar-refractivity contribution in [1.29, 1.82) is 0 Å². The van der Waals surface area contributed by atoms with Crippen molar-refractivity contribution < 1.29 is 9.53 Å². The van der Waals surface area contributed by atoms with Gasteiger partial charge in [-0.2, -0.15) is 0 Å². The molecule has 0 atom stereocenters. The lowest BCUT2D eigenvalue weighted by atomic mass is 10.00. The Morgan fingerprint density at radius 1 is 1.07 bits per heavy atom. The van der Waals surface area contributed by atoms with E-state index in [1.54, 1.807) is 6.20 Å². The number of hydrogen-bond acceptors (Lipinski definition) is 5. The summed E-state index contributed by atoms with van der Waals surface area (Å²) in [6, 6.07) is 12.1. The van der Waals surface area contributed by atoms with E-state index in [-0.39, 0.29) is 5.91 Å². The smallest absolute Gasteiger partial charge is 0.272 e. The molecule has 0 radical (unpaired) electrons. The number of amides is 1. The molecule has 2 aliphatic heterocycles. The molecule has 2 aromatic rings. The van der Waals surface area contributed by atoms with Crippen LogP contribution < -0.4 is 5.32 Å². The molecule has 1 fully saturated rings. The minimum atomic E-state index is 0.00405. The van der Waals surface area contributed by atoms with Crippen LogP contribution in [0.5, 0.6) is 0 Å². The Bertz CT molecular complexity index is 772. The van der Waals surface area contributed by atoms with Gasteiger partial charge in [0.1, 0.15) is 5.69 Å². The maximum Gasteiger partial charge on any atom is 0.272 e. The number of pyridine rings is 1. The molecule has 142 valence electrons. The summed E-state index contributed by atoms with van der Waals surface area (Å²) in [5.74, 6) is 0.00405. The van der Waals surface area contributed by atoms with Crippen LogP contribution >= 0.6 is 0 Å². The summed E-state index contributed by atoms with van der Waals surface area (Å²) in [6.45, 7) is 6.87. The van der Waals surface area contributed by atoms with Crippen molar-refractivity contribution in [1.82, 2.24) is 14.8 Å². The molecule has 6 heteroatoms. The summed E-state index contributed by atoms with van der Waals surface area (Å²) in [7, 11) is 0. The number of aromatic nitrogens is 1. The minimum Gasteiger partial charge on any atom is -0.383 e. The third kappa shape index (κ3) is 4.46. The third-order valence-corrected chi connectivity index (χ3v) is 5.26. The van der Waals surface area contributed by atoms with Gasteiger partial charge in [-0.25, -0.2) is 4.98 Å². The maximum atomic E-state index is 12.8. The Morgan fingerprint density at radius 3 is 2.67 bits per heavy atom. The molecule has 3 heterocycles. The second-order valence-electron chi connectivity index (χ2n) is 7.06. The fraction of sp³-hybridized carbons (Fsp3) is 0.429. The van der Waals surface area contributed by atoms with Gasteiger partial charge in [0.15, 0.2) is 0 Å². The lowest BCUT2D eigenvalue weighted by molar-refractivity contribution is 0.0398. The molecular formula is C21H26N4O2. The molecule has 4 rings (SSSR count). The van der Waals surface area contributed by atoms with E-state index in [2.05, 4.69) is 33.4 Å². The van der Waals surface area contributed by atoms with Crippen LogP contribution in [0.1, 0.15) is 21.6 Å². The van der Waals surface area contributed by atoms with Crippen LogP contribution in [0.2, 0.25) is 0 Å². The minimum absolute atomic E-state index is 0.00405. The number of hydrogen-bond donors (Lipinski definition) is 1. The molecule has 6 nitrogen and oxygen atoms in total. The highest BCUT2D eigenvalue weighted by Crippen LogP contribution is 2.20. The van der Waals surface area contributed by atoms with Crippen molar-refractivity contribution in [3.63, 3.8) is 0 Å². The van der Waals surface area contributed by atoms with Gasteiger partial charge in [0.05, 0.1) is 25.1 Å². The van der Waals surface area contributed by atoms with Gasteiger partial charge in [-0.3, -0.25) is 9.69 Å². The molecule has 2 aliphatic rings. The molecule has 1 saturated heterocycles. The van der Waals surface area contributed by atoms with E-state index in [4.69, 9.17) is 4.74 Å². The maximum absolute atomic E-state index is 12.8. The fourth-order valence-corrected chi connectivity index (χ4v) is 3.64. The van der Waals surface area contributed by atoms with Crippen molar-refractivity contribution in [2.45, 2.75) is 13.0 Å². The Kier molecular flexibility index (Phi) is 5.65. The van der Waals surface area contributed by atoms with Crippen molar-refractivity contribution in [2.75, 3.05) is 51.3 Å². The van der Waals surface area contributed by atoms with Gasteiger partial charge < -0.3 is 15.0 Å². The second kappa shape index (κ2) is 8.50. The molecule has 1 amide bonds. The highest BCUT2D eigenvalue weighted by molar-refractivity contribution is 5.92. The first-order valence-corrected chi connectivity index (χ1v) is 9.66. The molecule has 0 aliphatic carbocycles. The van der Waals surface area contributed by atoms with Gasteiger partial charge in [0.25, 0.3) is 5.91 Å². The van der Waals surface area contributed by atoms with E-state index in [9.17, 15) is 4.79 Å². The number of benzene rings is 1. The highest BCUT2D eigenvalue weighted by Gasteiger charge is 2.22. The zero-order valence-corrected chi connectivity index (χ0v) is 15.6. The largest absolute Gasteiger partial charge is 0.383 e. The number of nitrogens with one attached hydrogen (secondary N) is 1. The van der Waals surface area contributed by atoms with Crippen molar-refractivity contribution >= 4 is 11.6 Å². The van der Waals surface area contributed by atoms with Crippen LogP contribution in [0.15, 0.2) is 42.6 Å². The zero-order valence-electron chi connectivity index (χ0n) is 15.6. The van der Waals surface area contributed by atoms with Gasteiger partial charge >= 0.3 is 0 Å². The monoisotopic (exact) mass is 366 g/mol. The van der Waals surface area contributed by atoms with Gasteiger partial charge in [0.2, 0.25) is 0 Å². The first kappa shape index (κ1) is 17.9. The van der Waals surface area contributed by atoms with Crippen LogP contribution in [0, 0.1) is 0 Å². The first-order valence-electron chi connectivity index (χ1n) is 9.66. The van der Waals surface area contributed by atoms with Crippen LogP contribution in [-0.2, 0) is 17.7 Å². The number of anilines is 1. The van der Waals surface area contributed by atoms with Crippen LogP contribution in [-0.4, -0.2) is 66.6 Å². The Balaban J connectivity index is 1.30. The predicted molar refractivity (Wildman–Crippen MR) is 105 cm³/mol. The number of nitrogens with zero attached hydrogens (tertiary/aromatic N) is 3. The summed E-state index contributed by atoms with van der Waals surface area (Å²) in [4.78, 5) is 21.4. The SMILES string of the molecule is O=C(c1ccc(NCCN2CCOCC2)cn1)N1CCc2ccccc2C1. The first-order chi connectivity index (χ1) is 13.3. The summed E-state index contributed by atoms with van der Waals surface area (Å²) in [5, 5.41) is 3.38. The van der Waals surface area contributed by atoms with E-state index < -0.39 is 0 Å². The van der Waals surface area contributed by atoms with Gasteiger partial charge in [-0.1, -0.05) is 24.3 Å². The summed E-state index contributed by atoms with van der Waals surface area (Å²) < 4.78 is 5.36. The van der Waals surface area contributed by atoms with E-state index >= 15 is 0 Å². The quantitative estimate of drug-likeness (QED) is 0.877. The Hall–Kier alpha value is -2.44. The molecular weight excluding hydrogens is 340 g/mol. The number of carbonyl (C=O) groups is 1. The van der Waals surface area contributed by atoms with E-state index in [0.29, 0.717) is 12.2 Å². The normalized spacial score (nSPS) is 17.4. The molecule has 0 spiro atoms. The summed E-state index contributed by atoms with van der Waals surface area (Å²) in [6.07, 6.45) is 2.66. The Labute approximate surface area is 160 Å². The number of carbonyl (C=O) groups excluding carboxylic acids is 1. The second-order valence-corrected chi connectivity index (χ2v) is 7.06. The van der Waals surface area contributed by atoms with Crippen molar-refractivity contribution in [2.24, 2.45) is 0 Å². The van der Waals surface area contributed by atoms with Gasteiger partial charge in [-0.15, -0.1) is 0 Å². The number of fused-ring (bicyclic) bond motifs is 1. The molecule has 0 bridgehead atoms. The van der Waals surface area contributed by atoms with Crippen LogP contribution in [0.3, 0.4) is 0 Å². The number of ether oxygens (including phenoxy) is 1. The van der Waals surface area contributed by atoms with Crippen LogP contribution in [0.4, 0.5) is 5.69 Å². The number of rotatable bonds is 5. The molecule has 1 aromatic heterocycles. The fourth-order valence-electron chi connectivity index (χ4n) is 3.64. The van der Waals surface area contributed by atoms with Crippen molar-refractivity contribution in [3.8, 4) is 0 Å². The van der Waals surface area contributed by atoms with Gasteiger partial charge in [-0.05, 0) is 29.7 Å². The Morgan fingerprint density at radius 2 is 1.89 bits per heavy atom. The van der Waals surface area contributed by atoms with E-state index in [1.807, 2.05) is 23.1 Å². The van der Waals surface area contributed by atoms with Crippen LogP contribution in [0.25, 0.3) is 0 Å². The topological polar surface area (TPSA) is 57.7 Å². The zero-order chi connectivity index (χ0) is 18.5. The lowest BCUT2D eigenvalue weighted by Gasteiger charge is -2.28. The van der Waals surface area contributed by atoms with Crippen molar-refractivity contribution in [3.05, 3.63) is 59.4 Å². The number of morpholine rings is 1. The highest BCUT2D eigenvalue weighted by atomic mass is 16.5. The predicted octanol–water partition coefficient (Wildman–Crippen LogP) is 2.02.